The lowest BCUT2D eigenvalue weighted by Crippen LogP contribution is -2.46. The highest BCUT2D eigenvalue weighted by Crippen LogP contribution is 2.16. The van der Waals surface area contributed by atoms with Crippen LogP contribution in [0.2, 0.25) is 0 Å². The molecular weight excluding hydrogens is 304 g/mol. The van der Waals surface area contributed by atoms with Crippen molar-refractivity contribution in [1.29, 1.82) is 0 Å². The maximum absolute atomic E-state index is 4.41. The topological polar surface area (TPSA) is 75.9 Å². The smallest absolute Gasteiger partial charge is 0.158 e. The molecule has 1 aliphatic rings. The molecule has 0 aromatic carbocycles. The minimum absolute atomic E-state index is 0.784. The second-order valence-corrected chi connectivity index (χ2v) is 5.64. The fraction of sp³-hybridized carbons (Fsp3) is 0.312. The van der Waals surface area contributed by atoms with E-state index in [0.29, 0.717) is 0 Å². The summed E-state index contributed by atoms with van der Waals surface area (Å²) in [6, 6.07) is 3.86. The van der Waals surface area contributed by atoms with Gasteiger partial charge in [0.1, 0.15) is 12.1 Å². The molecule has 0 atom stereocenters. The van der Waals surface area contributed by atoms with Crippen LogP contribution < -0.4 is 4.90 Å². The van der Waals surface area contributed by atoms with Crippen molar-refractivity contribution in [2.75, 3.05) is 31.1 Å². The third-order valence-electron chi connectivity index (χ3n) is 4.08. The molecule has 3 aromatic rings. The molecule has 3 aromatic heterocycles. The quantitative estimate of drug-likeness (QED) is 0.702. The second kappa shape index (κ2) is 6.71. The van der Waals surface area contributed by atoms with E-state index in [1.165, 1.54) is 0 Å². The van der Waals surface area contributed by atoms with Crippen LogP contribution in [0, 0.1) is 0 Å². The first-order valence-electron chi connectivity index (χ1n) is 7.93. The molecule has 24 heavy (non-hydrogen) atoms. The van der Waals surface area contributed by atoms with Gasteiger partial charge >= 0.3 is 0 Å². The fourth-order valence-electron chi connectivity index (χ4n) is 2.82. The summed E-state index contributed by atoms with van der Waals surface area (Å²) in [5.74, 6) is 1.72. The van der Waals surface area contributed by atoms with Crippen molar-refractivity contribution in [3.05, 3.63) is 55.1 Å². The standard InChI is InChI=1S/C16H18N8/c1-2-21-24(5-1)16-10-15(19-13-20-16)23-8-6-22(7-9-23)12-14-11-17-3-4-18-14/h1-5,10-11,13H,6-9,12H2. The number of rotatable bonds is 4. The summed E-state index contributed by atoms with van der Waals surface area (Å²) in [5.41, 5.74) is 1.01. The van der Waals surface area contributed by atoms with Gasteiger partial charge in [-0.3, -0.25) is 14.9 Å². The van der Waals surface area contributed by atoms with Crippen molar-refractivity contribution in [3.63, 3.8) is 0 Å². The van der Waals surface area contributed by atoms with Gasteiger partial charge in [-0.1, -0.05) is 0 Å². The van der Waals surface area contributed by atoms with Gasteiger partial charge in [0.25, 0.3) is 0 Å². The Morgan fingerprint density at radius 3 is 2.54 bits per heavy atom. The van der Waals surface area contributed by atoms with Crippen LogP contribution in [-0.4, -0.2) is 60.8 Å². The summed E-state index contributed by atoms with van der Waals surface area (Å²) in [5, 5.41) is 4.22. The molecular formula is C16H18N8. The number of piperazine rings is 1. The Balaban J connectivity index is 1.40. The molecule has 1 saturated heterocycles. The molecule has 0 amide bonds. The Morgan fingerprint density at radius 1 is 0.917 bits per heavy atom. The highest BCUT2D eigenvalue weighted by molar-refractivity contribution is 5.43. The lowest BCUT2D eigenvalue weighted by molar-refractivity contribution is 0.246. The maximum atomic E-state index is 4.41. The Morgan fingerprint density at radius 2 is 1.79 bits per heavy atom. The van der Waals surface area contributed by atoms with Gasteiger partial charge in [-0.05, 0) is 6.07 Å². The molecule has 8 nitrogen and oxygen atoms in total. The molecule has 0 unspecified atom stereocenters. The Kier molecular flexibility index (Phi) is 4.11. The van der Waals surface area contributed by atoms with Crippen LogP contribution >= 0.6 is 0 Å². The summed E-state index contributed by atoms with van der Waals surface area (Å²) in [7, 11) is 0. The predicted molar refractivity (Wildman–Crippen MR) is 88.7 cm³/mol. The number of anilines is 1. The molecule has 8 heteroatoms. The number of nitrogens with zero attached hydrogens (tertiary/aromatic N) is 8. The molecule has 0 bridgehead atoms. The molecule has 0 radical (unpaired) electrons. The van der Waals surface area contributed by atoms with Crippen molar-refractivity contribution in [2.45, 2.75) is 6.54 Å². The summed E-state index contributed by atoms with van der Waals surface area (Å²) < 4.78 is 1.75. The van der Waals surface area contributed by atoms with Crippen LogP contribution in [0.3, 0.4) is 0 Å². The maximum Gasteiger partial charge on any atom is 0.158 e. The zero-order valence-corrected chi connectivity index (χ0v) is 13.2. The van der Waals surface area contributed by atoms with Crippen molar-refractivity contribution >= 4 is 5.82 Å². The molecule has 0 spiro atoms. The molecule has 1 fully saturated rings. The van der Waals surface area contributed by atoms with Gasteiger partial charge in [0, 0.05) is 69.8 Å². The SMILES string of the molecule is c1cnn(-c2cc(N3CCN(Cc4cnccn4)CC3)ncn2)c1. The zero-order valence-electron chi connectivity index (χ0n) is 13.2. The monoisotopic (exact) mass is 322 g/mol. The van der Waals surface area contributed by atoms with Gasteiger partial charge in [0.2, 0.25) is 0 Å². The van der Waals surface area contributed by atoms with Gasteiger partial charge in [-0.25, -0.2) is 14.6 Å². The van der Waals surface area contributed by atoms with Crippen molar-refractivity contribution in [2.24, 2.45) is 0 Å². The van der Waals surface area contributed by atoms with Crippen LogP contribution in [0.1, 0.15) is 5.69 Å². The summed E-state index contributed by atoms with van der Waals surface area (Å²) in [6.07, 6.45) is 10.5. The lowest BCUT2D eigenvalue weighted by Gasteiger charge is -2.35. The molecule has 1 aliphatic heterocycles. The number of hydrogen-bond acceptors (Lipinski definition) is 7. The molecule has 0 aliphatic carbocycles. The summed E-state index contributed by atoms with van der Waals surface area (Å²) in [4.78, 5) is 21.8. The van der Waals surface area contributed by atoms with Crippen molar-refractivity contribution in [1.82, 2.24) is 34.6 Å². The highest BCUT2D eigenvalue weighted by Gasteiger charge is 2.19. The zero-order chi connectivity index (χ0) is 16.2. The van der Waals surface area contributed by atoms with E-state index in [4.69, 9.17) is 0 Å². The van der Waals surface area contributed by atoms with E-state index >= 15 is 0 Å². The Bertz CT molecular complexity index is 766. The van der Waals surface area contributed by atoms with Gasteiger partial charge < -0.3 is 4.90 Å². The van der Waals surface area contributed by atoms with Gasteiger partial charge in [-0.15, -0.1) is 0 Å². The summed E-state index contributed by atoms with van der Waals surface area (Å²) in [6.45, 7) is 4.63. The molecule has 0 N–H and O–H groups in total. The van der Waals surface area contributed by atoms with Crippen LogP contribution in [0.5, 0.6) is 0 Å². The molecule has 4 rings (SSSR count). The van der Waals surface area contributed by atoms with Gasteiger partial charge in [0.05, 0.1) is 5.69 Å². The largest absolute Gasteiger partial charge is 0.354 e. The van der Waals surface area contributed by atoms with Crippen molar-refractivity contribution < 1.29 is 0 Å². The first kappa shape index (κ1) is 14.7. The van der Waals surface area contributed by atoms with E-state index in [1.54, 1.807) is 29.6 Å². The number of hydrogen-bond donors (Lipinski definition) is 0. The van der Waals surface area contributed by atoms with Crippen molar-refractivity contribution in [3.8, 4) is 5.82 Å². The fourth-order valence-corrected chi connectivity index (χ4v) is 2.82. The Hall–Kier alpha value is -2.87. The van der Waals surface area contributed by atoms with Gasteiger partial charge in [0.15, 0.2) is 5.82 Å². The first-order chi connectivity index (χ1) is 11.9. The second-order valence-electron chi connectivity index (χ2n) is 5.64. The average molecular weight is 322 g/mol. The minimum atomic E-state index is 0.784. The van der Waals surface area contributed by atoms with Crippen LogP contribution in [-0.2, 0) is 6.54 Å². The Labute approximate surface area is 139 Å². The van der Waals surface area contributed by atoms with E-state index < -0.39 is 0 Å². The molecule has 4 heterocycles. The highest BCUT2D eigenvalue weighted by atomic mass is 15.3. The van der Waals surface area contributed by atoms with Crippen LogP contribution in [0.15, 0.2) is 49.4 Å². The normalized spacial score (nSPS) is 15.6. The lowest BCUT2D eigenvalue weighted by atomic mass is 10.3. The molecule has 0 saturated carbocycles. The van der Waals surface area contributed by atoms with E-state index in [-0.39, 0.29) is 0 Å². The van der Waals surface area contributed by atoms with Crippen LogP contribution in [0.25, 0.3) is 5.82 Å². The van der Waals surface area contributed by atoms with E-state index in [0.717, 1.165) is 50.1 Å². The number of aromatic nitrogens is 6. The average Bonchev–Trinajstić information content (AvgIpc) is 3.18. The minimum Gasteiger partial charge on any atom is -0.354 e. The molecule has 122 valence electrons. The van der Waals surface area contributed by atoms with Gasteiger partial charge in [-0.2, -0.15) is 5.10 Å². The predicted octanol–water partition coefficient (Wildman–Crippen LogP) is 0.774. The van der Waals surface area contributed by atoms with Crippen LogP contribution in [0.4, 0.5) is 5.82 Å². The van der Waals surface area contributed by atoms with E-state index in [1.807, 2.05) is 24.5 Å². The first-order valence-corrected chi connectivity index (χ1v) is 7.93. The summed E-state index contributed by atoms with van der Waals surface area (Å²) >= 11 is 0. The third-order valence-corrected chi connectivity index (χ3v) is 4.08. The van der Waals surface area contributed by atoms with E-state index in [2.05, 4.69) is 34.8 Å². The van der Waals surface area contributed by atoms with E-state index in [9.17, 15) is 0 Å². The third kappa shape index (κ3) is 3.23.